The summed E-state index contributed by atoms with van der Waals surface area (Å²) >= 11 is 0. The molecule has 0 aliphatic carbocycles. The van der Waals surface area contributed by atoms with Crippen LogP contribution in [0.1, 0.15) is 31.9 Å². The lowest BCUT2D eigenvalue weighted by atomic mass is 10.1. The zero-order valence-electron chi connectivity index (χ0n) is 20.6. The van der Waals surface area contributed by atoms with Crippen LogP contribution in [0.2, 0.25) is 0 Å². The Morgan fingerprint density at radius 2 is 1.69 bits per heavy atom. The van der Waals surface area contributed by atoms with E-state index in [0.717, 1.165) is 15.4 Å². The monoisotopic (exact) mass is 503 g/mol. The summed E-state index contributed by atoms with van der Waals surface area (Å²) in [5.74, 6) is -0.0531. The van der Waals surface area contributed by atoms with Crippen LogP contribution < -0.4 is 19.1 Å². The van der Waals surface area contributed by atoms with Gasteiger partial charge in [-0.3, -0.25) is 13.9 Å². The first-order chi connectivity index (χ1) is 16.7. The molecule has 2 amide bonds. The second kappa shape index (κ2) is 11.4. The van der Waals surface area contributed by atoms with E-state index in [0.29, 0.717) is 36.9 Å². The highest BCUT2D eigenvalue weighted by Crippen LogP contribution is 2.35. The molecule has 0 radical (unpaired) electrons. The van der Waals surface area contributed by atoms with Crippen molar-refractivity contribution < 1.29 is 27.5 Å². The van der Waals surface area contributed by atoms with Crippen LogP contribution >= 0.6 is 0 Å². The van der Waals surface area contributed by atoms with Crippen molar-refractivity contribution in [1.82, 2.24) is 10.2 Å². The molecule has 0 fully saturated rings. The van der Waals surface area contributed by atoms with Gasteiger partial charge >= 0.3 is 0 Å². The predicted octanol–water partition coefficient (Wildman–Crippen LogP) is 2.48. The van der Waals surface area contributed by atoms with Crippen LogP contribution in [-0.4, -0.2) is 63.2 Å². The Morgan fingerprint density at radius 1 is 1.03 bits per heavy atom. The average molecular weight is 504 g/mol. The summed E-state index contributed by atoms with van der Waals surface area (Å²) in [7, 11) is -3.81. The Morgan fingerprint density at radius 3 is 2.31 bits per heavy atom. The van der Waals surface area contributed by atoms with Crippen LogP contribution in [0.25, 0.3) is 0 Å². The molecule has 1 atom stereocenters. The number of anilines is 1. The molecule has 2 aromatic rings. The third-order valence-corrected chi connectivity index (χ3v) is 7.53. The molecule has 0 bridgehead atoms. The fourth-order valence-corrected chi connectivity index (χ4v) is 4.76. The number of amides is 2. The maximum atomic E-state index is 13.6. The standard InChI is InChI=1S/C25H33N3O6S/c1-5-26-25(30)19(4)27(16-20-9-7-18(3)8-10-20)24(29)17-28(35(31,32)6-2)21-11-12-22-23(15-21)34-14-13-33-22/h7-12,15,19H,5-6,13-14,16-17H2,1-4H3,(H,26,30). The minimum absolute atomic E-state index is 0.165. The predicted molar refractivity (Wildman–Crippen MR) is 134 cm³/mol. The highest BCUT2D eigenvalue weighted by Gasteiger charge is 2.31. The normalized spacial score (nSPS) is 13.6. The molecule has 0 spiro atoms. The fraction of sp³-hybridized carbons (Fsp3) is 0.440. The maximum Gasteiger partial charge on any atom is 0.244 e. The van der Waals surface area contributed by atoms with Gasteiger partial charge in [0.05, 0.1) is 11.4 Å². The van der Waals surface area contributed by atoms with Crippen LogP contribution in [-0.2, 0) is 26.2 Å². The van der Waals surface area contributed by atoms with Gasteiger partial charge in [0.15, 0.2) is 11.5 Å². The highest BCUT2D eigenvalue weighted by atomic mass is 32.2. The van der Waals surface area contributed by atoms with Crippen LogP contribution in [0, 0.1) is 6.92 Å². The number of rotatable bonds is 10. The first kappa shape index (κ1) is 26.3. The molecule has 35 heavy (non-hydrogen) atoms. The fourth-order valence-electron chi connectivity index (χ4n) is 3.70. The van der Waals surface area contributed by atoms with Crippen LogP contribution in [0.3, 0.4) is 0 Å². The van der Waals surface area contributed by atoms with E-state index < -0.39 is 28.5 Å². The third-order valence-electron chi connectivity index (χ3n) is 5.79. The summed E-state index contributed by atoms with van der Waals surface area (Å²) in [6, 6.07) is 11.6. The van der Waals surface area contributed by atoms with Crippen molar-refractivity contribution in [2.45, 2.75) is 40.3 Å². The van der Waals surface area contributed by atoms with Crippen molar-refractivity contribution in [2.75, 3.05) is 36.4 Å². The lowest BCUT2D eigenvalue weighted by Crippen LogP contribution is -2.51. The number of nitrogens with zero attached hydrogens (tertiary/aromatic N) is 2. The largest absolute Gasteiger partial charge is 0.486 e. The third kappa shape index (κ3) is 6.45. The van der Waals surface area contributed by atoms with Gasteiger partial charge in [-0.25, -0.2) is 8.42 Å². The highest BCUT2D eigenvalue weighted by molar-refractivity contribution is 7.92. The Hall–Kier alpha value is -3.27. The van der Waals surface area contributed by atoms with Gasteiger partial charge in [0, 0.05) is 19.2 Å². The van der Waals surface area contributed by atoms with Crippen LogP contribution in [0.5, 0.6) is 11.5 Å². The van der Waals surface area contributed by atoms with E-state index >= 15 is 0 Å². The summed E-state index contributed by atoms with van der Waals surface area (Å²) in [6.07, 6.45) is 0. The number of benzene rings is 2. The van der Waals surface area contributed by atoms with Crippen LogP contribution in [0.15, 0.2) is 42.5 Å². The smallest absolute Gasteiger partial charge is 0.244 e. The second-order valence-corrected chi connectivity index (χ2v) is 10.5. The van der Waals surface area contributed by atoms with Crippen molar-refractivity contribution in [3.63, 3.8) is 0 Å². The van der Waals surface area contributed by atoms with Crippen molar-refractivity contribution in [2.24, 2.45) is 0 Å². The SMILES string of the molecule is CCNC(=O)C(C)N(Cc1ccc(C)cc1)C(=O)CN(c1ccc2c(c1)OCCO2)S(=O)(=O)CC. The first-order valence-electron chi connectivity index (χ1n) is 11.7. The van der Waals surface area contributed by atoms with Crippen molar-refractivity contribution in [3.8, 4) is 11.5 Å². The van der Waals surface area contributed by atoms with Crippen molar-refractivity contribution in [1.29, 1.82) is 0 Å². The minimum atomic E-state index is -3.81. The van der Waals surface area contributed by atoms with Gasteiger partial charge in [-0.05, 0) is 45.4 Å². The zero-order chi connectivity index (χ0) is 25.6. The second-order valence-electron chi connectivity index (χ2n) is 8.31. The molecule has 1 aliphatic heterocycles. The van der Waals surface area contributed by atoms with Gasteiger partial charge in [0.25, 0.3) is 0 Å². The van der Waals surface area contributed by atoms with Gasteiger partial charge in [-0.1, -0.05) is 29.8 Å². The lowest BCUT2D eigenvalue weighted by Gasteiger charge is -2.32. The summed E-state index contributed by atoms with van der Waals surface area (Å²) in [5.41, 5.74) is 2.21. The zero-order valence-corrected chi connectivity index (χ0v) is 21.4. The number of ether oxygens (including phenoxy) is 2. The molecule has 1 N–H and O–H groups in total. The molecule has 9 nitrogen and oxygen atoms in total. The van der Waals surface area contributed by atoms with Gasteiger partial charge in [0.1, 0.15) is 25.8 Å². The molecule has 0 aromatic heterocycles. The molecule has 190 valence electrons. The molecular formula is C25H33N3O6S. The van der Waals surface area contributed by atoms with Gasteiger partial charge in [-0.2, -0.15) is 0 Å². The number of likely N-dealkylation sites (N-methyl/N-ethyl adjacent to an activating group) is 1. The number of sulfonamides is 1. The number of aryl methyl sites for hydroxylation is 1. The number of nitrogens with one attached hydrogen (secondary N) is 1. The maximum absolute atomic E-state index is 13.6. The molecule has 3 rings (SSSR count). The Balaban J connectivity index is 1.94. The molecule has 0 saturated carbocycles. The van der Waals surface area contributed by atoms with E-state index in [-0.39, 0.29) is 18.2 Å². The molecule has 2 aromatic carbocycles. The molecule has 10 heteroatoms. The number of carbonyl (C=O) groups is 2. The van der Waals surface area contributed by atoms with Crippen molar-refractivity contribution in [3.05, 3.63) is 53.6 Å². The van der Waals surface area contributed by atoms with E-state index in [1.165, 1.54) is 11.8 Å². The average Bonchev–Trinajstić information content (AvgIpc) is 2.86. The number of hydrogen-bond donors (Lipinski definition) is 1. The van der Waals surface area contributed by atoms with Gasteiger partial charge < -0.3 is 19.7 Å². The Kier molecular flexibility index (Phi) is 8.61. The van der Waals surface area contributed by atoms with Crippen molar-refractivity contribution >= 4 is 27.5 Å². The summed E-state index contributed by atoms with van der Waals surface area (Å²) < 4.78 is 38.3. The topological polar surface area (TPSA) is 105 Å². The van der Waals surface area contributed by atoms with Gasteiger partial charge in [-0.15, -0.1) is 0 Å². The number of fused-ring (bicyclic) bond motifs is 1. The molecule has 0 saturated heterocycles. The molecule has 1 unspecified atom stereocenters. The first-order valence-corrected chi connectivity index (χ1v) is 13.3. The van der Waals surface area contributed by atoms with E-state index in [4.69, 9.17) is 9.47 Å². The van der Waals surface area contributed by atoms with Crippen LogP contribution in [0.4, 0.5) is 5.69 Å². The Labute approximate surface area is 207 Å². The number of hydrogen-bond acceptors (Lipinski definition) is 6. The van der Waals surface area contributed by atoms with E-state index in [1.54, 1.807) is 32.0 Å². The summed E-state index contributed by atoms with van der Waals surface area (Å²) in [6.45, 7) is 7.82. The molecule has 1 heterocycles. The van der Waals surface area contributed by atoms with E-state index in [2.05, 4.69) is 5.32 Å². The number of carbonyl (C=O) groups excluding carboxylic acids is 2. The summed E-state index contributed by atoms with van der Waals surface area (Å²) in [4.78, 5) is 27.6. The Bertz CT molecular complexity index is 1150. The molecular weight excluding hydrogens is 470 g/mol. The summed E-state index contributed by atoms with van der Waals surface area (Å²) in [5, 5.41) is 2.74. The van der Waals surface area contributed by atoms with E-state index in [9.17, 15) is 18.0 Å². The lowest BCUT2D eigenvalue weighted by molar-refractivity contribution is -0.139. The minimum Gasteiger partial charge on any atom is -0.486 e. The van der Waals surface area contributed by atoms with Gasteiger partial charge in [0.2, 0.25) is 21.8 Å². The molecule has 1 aliphatic rings. The van der Waals surface area contributed by atoms with E-state index in [1.807, 2.05) is 31.2 Å². The quantitative estimate of drug-likeness (QED) is 0.534.